The van der Waals surface area contributed by atoms with Crippen molar-refractivity contribution in [3.63, 3.8) is 0 Å². The quantitative estimate of drug-likeness (QED) is 0.855. The molecule has 2 N–H and O–H groups in total. The molecule has 1 aliphatic rings. The Kier molecular flexibility index (Phi) is 4.83. The van der Waals surface area contributed by atoms with Crippen LogP contribution in [0.2, 0.25) is 0 Å². The van der Waals surface area contributed by atoms with Gasteiger partial charge < -0.3 is 19.7 Å². The van der Waals surface area contributed by atoms with E-state index in [9.17, 15) is 9.90 Å². The third-order valence-corrected chi connectivity index (χ3v) is 4.04. The number of furan rings is 1. The first-order valence-corrected chi connectivity index (χ1v) is 7.24. The molecule has 20 heavy (non-hydrogen) atoms. The summed E-state index contributed by atoms with van der Waals surface area (Å²) < 4.78 is 5.54. The number of aryl methyl sites for hydroxylation is 2. The fraction of sp³-hybridized carbons (Fsp3) is 0.667. The number of aliphatic hydroxyl groups is 1. The minimum Gasteiger partial charge on any atom is -0.466 e. The maximum atomic E-state index is 12.7. The highest BCUT2D eigenvalue weighted by Crippen LogP contribution is 2.22. The van der Waals surface area contributed by atoms with Crippen LogP contribution in [0.3, 0.4) is 0 Å². The van der Waals surface area contributed by atoms with E-state index in [0.29, 0.717) is 30.5 Å². The lowest BCUT2D eigenvalue weighted by molar-refractivity contribution is 0.0704. The SMILES string of the molecule is Cc1oc(C)c(C(=O)N(CCO)CC2CCCN2)c1C. The summed E-state index contributed by atoms with van der Waals surface area (Å²) in [6.07, 6.45) is 2.23. The first-order valence-electron chi connectivity index (χ1n) is 7.24. The highest BCUT2D eigenvalue weighted by molar-refractivity contribution is 5.96. The predicted octanol–water partition coefficient (Wildman–Crippen LogP) is 1.39. The molecule has 1 aromatic heterocycles. The third-order valence-electron chi connectivity index (χ3n) is 4.04. The summed E-state index contributed by atoms with van der Waals surface area (Å²) in [7, 11) is 0. The van der Waals surface area contributed by atoms with Gasteiger partial charge in [0.25, 0.3) is 5.91 Å². The van der Waals surface area contributed by atoms with Gasteiger partial charge in [-0.05, 0) is 40.2 Å². The second-order valence-electron chi connectivity index (χ2n) is 5.48. The third kappa shape index (κ3) is 3.04. The topological polar surface area (TPSA) is 65.7 Å². The van der Waals surface area contributed by atoms with Crippen molar-refractivity contribution in [1.82, 2.24) is 10.2 Å². The summed E-state index contributed by atoms with van der Waals surface area (Å²) in [5, 5.41) is 12.6. The number of nitrogens with zero attached hydrogens (tertiary/aromatic N) is 1. The maximum Gasteiger partial charge on any atom is 0.257 e. The lowest BCUT2D eigenvalue weighted by Crippen LogP contribution is -2.42. The second-order valence-corrected chi connectivity index (χ2v) is 5.48. The van der Waals surface area contributed by atoms with Gasteiger partial charge in [-0.1, -0.05) is 0 Å². The van der Waals surface area contributed by atoms with Crippen molar-refractivity contribution < 1.29 is 14.3 Å². The van der Waals surface area contributed by atoms with E-state index in [1.807, 2.05) is 20.8 Å². The molecule has 0 aliphatic carbocycles. The fourth-order valence-electron chi connectivity index (χ4n) is 2.84. The standard InChI is InChI=1S/C15H24N2O3/c1-10-11(2)20-12(3)14(10)15(19)17(7-8-18)9-13-5-4-6-16-13/h13,16,18H,4-9H2,1-3H3. The van der Waals surface area contributed by atoms with Crippen LogP contribution in [0, 0.1) is 20.8 Å². The zero-order chi connectivity index (χ0) is 14.7. The number of carbonyl (C=O) groups excluding carboxylic acids is 1. The summed E-state index contributed by atoms with van der Waals surface area (Å²) in [5.74, 6) is 1.40. The second kappa shape index (κ2) is 6.41. The molecule has 0 bridgehead atoms. The molecule has 1 aromatic rings. The average molecular weight is 280 g/mol. The van der Waals surface area contributed by atoms with Gasteiger partial charge in [-0.15, -0.1) is 0 Å². The molecule has 1 amide bonds. The first kappa shape index (κ1) is 15.1. The molecule has 2 heterocycles. The van der Waals surface area contributed by atoms with Crippen LogP contribution in [0.5, 0.6) is 0 Å². The van der Waals surface area contributed by atoms with E-state index in [1.165, 1.54) is 0 Å². The fourth-order valence-corrected chi connectivity index (χ4v) is 2.84. The number of amides is 1. The average Bonchev–Trinajstić information content (AvgIpc) is 2.98. The van der Waals surface area contributed by atoms with Gasteiger partial charge in [0.2, 0.25) is 0 Å². The zero-order valence-corrected chi connectivity index (χ0v) is 12.5. The Morgan fingerprint density at radius 1 is 1.40 bits per heavy atom. The molecule has 1 unspecified atom stereocenters. The van der Waals surface area contributed by atoms with Crippen molar-refractivity contribution in [2.75, 3.05) is 26.2 Å². The van der Waals surface area contributed by atoms with Crippen molar-refractivity contribution in [3.8, 4) is 0 Å². The lowest BCUT2D eigenvalue weighted by atomic mass is 10.1. The summed E-state index contributed by atoms with van der Waals surface area (Å²) in [6.45, 7) is 7.58. The molecule has 5 heteroatoms. The van der Waals surface area contributed by atoms with Crippen molar-refractivity contribution in [3.05, 3.63) is 22.6 Å². The molecular formula is C15H24N2O3. The van der Waals surface area contributed by atoms with Crippen LogP contribution in [0.25, 0.3) is 0 Å². The van der Waals surface area contributed by atoms with E-state index < -0.39 is 0 Å². The zero-order valence-electron chi connectivity index (χ0n) is 12.5. The van der Waals surface area contributed by atoms with Gasteiger partial charge in [-0.3, -0.25) is 4.79 Å². The van der Waals surface area contributed by atoms with E-state index in [0.717, 1.165) is 30.7 Å². The molecule has 0 saturated carbocycles. The Bertz CT molecular complexity index is 476. The van der Waals surface area contributed by atoms with Crippen LogP contribution in [-0.4, -0.2) is 48.2 Å². The van der Waals surface area contributed by atoms with E-state index in [4.69, 9.17) is 4.42 Å². The van der Waals surface area contributed by atoms with E-state index >= 15 is 0 Å². The smallest absolute Gasteiger partial charge is 0.257 e. The van der Waals surface area contributed by atoms with E-state index in [2.05, 4.69) is 5.32 Å². The molecule has 5 nitrogen and oxygen atoms in total. The maximum absolute atomic E-state index is 12.7. The summed E-state index contributed by atoms with van der Waals surface area (Å²) in [5.41, 5.74) is 1.55. The molecule has 0 spiro atoms. The molecule has 0 aromatic carbocycles. The Morgan fingerprint density at radius 2 is 2.15 bits per heavy atom. The van der Waals surface area contributed by atoms with E-state index in [-0.39, 0.29) is 12.5 Å². The highest BCUT2D eigenvalue weighted by Gasteiger charge is 2.26. The number of hydrogen-bond acceptors (Lipinski definition) is 4. The number of nitrogens with one attached hydrogen (secondary N) is 1. The number of rotatable bonds is 5. The summed E-state index contributed by atoms with van der Waals surface area (Å²) in [6, 6.07) is 0.333. The minimum absolute atomic E-state index is 0.0204. The number of aliphatic hydroxyl groups excluding tert-OH is 1. The van der Waals surface area contributed by atoms with Crippen LogP contribution >= 0.6 is 0 Å². The Labute approximate surface area is 119 Å². The van der Waals surface area contributed by atoms with Crippen molar-refractivity contribution >= 4 is 5.91 Å². The van der Waals surface area contributed by atoms with Crippen LogP contribution in [0.4, 0.5) is 0 Å². The normalized spacial score (nSPS) is 18.5. The Morgan fingerprint density at radius 3 is 2.65 bits per heavy atom. The molecule has 2 rings (SSSR count). The van der Waals surface area contributed by atoms with Gasteiger partial charge in [-0.2, -0.15) is 0 Å². The summed E-state index contributed by atoms with van der Waals surface area (Å²) >= 11 is 0. The Balaban J connectivity index is 2.17. The molecular weight excluding hydrogens is 256 g/mol. The van der Waals surface area contributed by atoms with Crippen LogP contribution in [-0.2, 0) is 0 Å². The van der Waals surface area contributed by atoms with Gasteiger partial charge in [0.05, 0.1) is 12.2 Å². The number of carbonyl (C=O) groups is 1. The van der Waals surface area contributed by atoms with Crippen molar-refractivity contribution in [2.45, 2.75) is 39.7 Å². The van der Waals surface area contributed by atoms with E-state index in [1.54, 1.807) is 4.90 Å². The summed E-state index contributed by atoms with van der Waals surface area (Å²) in [4.78, 5) is 14.4. The van der Waals surface area contributed by atoms with Gasteiger partial charge in [-0.25, -0.2) is 0 Å². The first-order chi connectivity index (χ1) is 9.54. The lowest BCUT2D eigenvalue weighted by Gasteiger charge is -2.25. The van der Waals surface area contributed by atoms with Gasteiger partial charge >= 0.3 is 0 Å². The molecule has 1 aliphatic heterocycles. The largest absolute Gasteiger partial charge is 0.466 e. The van der Waals surface area contributed by atoms with Gasteiger partial charge in [0.15, 0.2) is 0 Å². The van der Waals surface area contributed by atoms with Crippen molar-refractivity contribution in [1.29, 1.82) is 0 Å². The predicted molar refractivity (Wildman–Crippen MR) is 76.9 cm³/mol. The Hall–Kier alpha value is -1.33. The molecule has 112 valence electrons. The molecule has 1 fully saturated rings. The van der Waals surface area contributed by atoms with Crippen LogP contribution < -0.4 is 5.32 Å². The molecule has 1 atom stereocenters. The van der Waals surface area contributed by atoms with Gasteiger partial charge in [0.1, 0.15) is 11.5 Å². The number of hydrogen-bond donors (Lipinski definition) is 2. The van der Waals surface area contributed by atoms with Gasteiger partial charge in [0, 0.05) is 24.7 Å². The van der Waals surface area contributed by atoms with Crippen molar-refractivity contribution in [2.24, 2.45) is 0 Å². The molecule has 1 saturated heterocycles. The van der Waals surface area contributed by atoms with Crippen LogP contribution in [0.1, 0.15) is 40.3 Å². The highest BCUT2D eigenvalue weighted by atomic mass is 16.3. The molecule has 0 radical (unpaired) electrons. The minimum atomic E-state index is -0.0420. The van der Waals surface area contributed by atoms with Crippen LogP contribution in [0.15, 0.2) is 4.42 Å². The monoisotopic (exact) mass is 280 g/mol.